The van der Waals surface area contributed by atoms with E-state index in [-0.39, 0.29) is 0 Å². The molecular weight excluding hydrogens is 234 g/mol. The van der Waals surface area contributed by atoms with Crippen LogP contribution in [0.1, 0.15) is 25.1 Å². The van der Waals surface area contributed by atoms with Gasteiger partial charge in [-0.1, -0.05) is 25.1 Å². The molecule has 0 atom stereocenters. The summed E-state index contributed by atoms with van der Waals surface area (Å²) in [7, 11) is 0. The molecule has 0 amide bonds. The smallest absolute Gasteiger partial charge is 0.140 e. The van der Waals surface area contributed by atoms with Gasteiger partial charge in [-0.25, -0.2) is 0 Å². The molecule has 1 heterocycles. The predicted octanol–water partition coefficient (Wildman–Crippen LogP) is 2.34. The molecule has 0 aliphatic carbocycles. The zero-order valence-corrected chi connectivity index (χ0v) is 11.3. The highest BCUT2D eigenvalue weighted by Crippen LogP contribution is 2.13. The van der Waals surface area contributed by atoms with Crippen LogP contribution in [0.2, 0.25) is 0 Å². The molecule has 96 valence electrons. The van der Waals surface area contributed by atoms with Crippen LogP contribution >= 0.6 is 11.3 Å². The van der Waals surface area contributed by atoms with E-state index in [0.29, 0.717) is 18.2 Å². The van der Waals surface area contributed by atoms with Crippen molar-refractivity contribution >= 4 is 17.2 Å². The fourth-order valence-corrected chi connectivity index (χ4v) is 2.44. The Hall–Kier alpha value is -1.07. The van der Waals surface area contributed by atoms with Crippen molar-refractivity contribution in [2.45, 2.75) is 26.8 Å². The van der Waals surface area contributed by atoms with Crippen molar-refractivity contribution in [1.82, 2.24) is 4.90 Å². The quantitative estimate of drug-likeness (QED) is 0.340. The van der Waals surface area contributed by atoms with Crippen LogP contribution in [0.3, 0.4) is 0 Å². The van der Waals surface area contributed by atoms with Crippen LogP contribution < -0.4 is 5.73 Å². The average molecular weight is 255 g/mol. The lowest BCUT2D eigenvalue weighted by molar-refractivity contribution is 0.242. The maximum atomic E-state index is 8.53. The van der Waals surface area contributed by atoms with Crippen molar-refractivity contribution in [2.75, 3.05) is 13.1 Å². The minimum Gasteiger partial charge on any atom is -0.409 e. The topological polar surface area (TPSA) is 61.8 Å². The van der Waals surface area contributed by atoms with Crippen LogP contribution in [0.5, 0.6) is 0 Å². The second kappa shape index (κ2) is 7.29. The molecule has 0 aliphatic heterocycles. The van der Waals surface area contributed by atoms with Gasteiger partial charge in [0.25, 0.3) is 0 Å². The molecule has 0 unspecified atom stereocenters. The van der Waals surface area contributed by atoms with Gasteiger partial charge in [0.2, 0.25) is 0 Å². The zero-order valence-electron chi connectivity index (χ0n) is 10.5. The molecule has 5 heteroatoms. The lowest BCUT2D eigenvalue weighted by atomic mass is 10.2. The summed E-state index contributed by atoms with van der Waals surface area (Å²) >= 11 is 1.77. The summed E-state index contributed by atoms with van der Waals surface area (Å²) in [5.74, 6) is 0.909. The molecule has 0 spiro atoms. The predicted molar refractivity (Wildman–Crippen MR) is 72.5 cm³/mol. The maximum absolute atomic E-state index is 8.53. The van der Waals surface area contributed by atoms with Gasteiger partial charge >= 0.3 is 0 Å². The van der Waals surface area contributed by atoms with E-state index in [2.05, 4.69) is 41.4 Å². The number of nitrogens with two attached hydrogens (primary N) is 1. The van der Waals surface area contributed by atoms with Crippen LogP contribution in [-0.2, 0) is 6.54 Å². The fraction of sp³-hybridized carbons (Fsp3) is 0.583. The van der Waals surface area contributed by atoms with Crippen LogP contribution in [0.4, 0.5) is 0 Å². The van der Waals surface area contributed by atoms with Gasteiger partial charge in [0, 0.05) is 30.9 Å². The van der Waals surface area contributed by atoms with E-state index in [9.17, 15) is 0 Å². The minimum atomic E-state index is 0.296. The highest BCUT2D eigenvalue weighted by Gasteiger charge is 2.09. The van der Waals surface area contributed by atoms with E-state index in [1.807, 2.05) is 0 Å². The first-order valence-electron chi connectivity index (χ1n) is 5.83. The standard InChI is InChI=1S/C12H21N3OS/c1-10(2)8-15(6-5-12(13)14-16)9-11-4-3-7-17-11/h3-4,7,10,16H,5-6,8-9H2,1-2H3,(H2,13,14). The van der Waals surface area contributed by atoms with Crippen LogP contribution in [0, 0.1) is 5.92 Å². The van der Waals surface area contributed by atoms with Gasteiger partial charge in [-0.05, 0) is 17.4 Å². The third-order valence-corrected chi connectivity index (χ3v) is 3.26. The van der Waals surface area contributed by atoms with Crippen molar-refractivity contribution in [2.24, 2.45) is 16.8 Å². The Bertz CT molecular complexity index is 336. The molecule has 17 heavy (non-hydrogen) atoms. The van der Waals surface area contributed by atoms with E-state index < -0.39 is 0 Å². The molecule has 0 aliphatic rings. The first-order valence-corrected chi connectivity index (χ1v) is 6.71. The Labute approximate surface area is 107 Å². The van der Waals surface area contributed by atoms with E-state index in [1.165, 1.54) is 4.88 Å². The van der Waals surface area contributed by atoms with Crippen molar-refractivity contribution < 1.29 is 5.21 Å². The van der Waals surface area contributed by atoms with Gasteiger partial charge in [-0.3, -0.25) is 4.90 Å². The van der Waals surface area contributed by atoms with E-state index in [1.54, 1.807) is 11.3 Å². The summed E-state index contributed by atoms with van der Waals surface area (Å²) in [6, 6.07) is 4.21. The second-order valence-electron chi connectivity index (χ2n) is 4.55. The number of amidine groups is 1. The number of oxime groups is 1. The summed E-state index contributed by atoms with van der Waals surface area (Å²) in [6.07, 6.45) is 0.606. The molecule has 0 fully saturated rings. The Morgan fingerprint density at radius 2 is 2.35 bits per heavy atom. The van der Waals surface area contributed by atoms with E-state index in [0.717, 1.165) is 19.6 Å². The molecule has 4 nitrogen and oxygen atoms in total. The van der Waals surface area contributed by atoms with Crippen LogP contribution in [-0.4, -0.2) is 29.0 Å². The summed E-state index contributed by atoms with van der Waals surface area (Å²) in [6.45, 7) is 7.19. The van der Waals surface area contributed by atoms with Gasteiger partial charge < -0.3 is 10.9 Å². The molecule has 0 saturated heterocycles. The molecule has 1 aromatic heterocycles. The SMILES string of the molecule is CC(C)CN(CCC(N)=NO)Cc1cccs1. The number of hydrogen-bond donors (Lipinski definition) is 2. The van der Waals surface area contributed by atoms with Crippen LogP contribution in [0.15, 0.2) is 22.7 Å². The molecule has 3 N–H and O–H groups in total. The van der Waals surface area contributed by atoms with Gasteiger partial charge in [0.05, 0.1) is 0 Å². The third-order valence-electron chi connectivity index (χ3n) is 2.40. The first-order chi connectivity index (χ1) is 8.11. The summed E-state index contributed by atoms with van der Waals surface area (Å²) in [5.41, 5.74) is 5.50. The van der Waals surface area contributed by atoms with Crippen molar-refractivity contribution in [1.29, 1.82) is 0 Å². The Kier molecular flexibility index (Phi) is 6.00. The fourth-order valence-electron chi connectivity index (χ4n) is 1.70. The Morgan fingerprint density at radius 1 is 1.59 bits per heavy atom. The first kappa shape index (κ1) is 14.0. The number of hydrogen-bond acceptors (Lipinski definition) is 4. The molecule has 0 radical (unpaired) electrons. The number of thiophene rings is 1. The Morgan fingerprint density at radius 3 is 2.88 bits per heavy atom. The molecule has 0 aromatic carbocycles. The monoisotopic (exact) mass is 255 g/mol. The Balaban J connectivity index is 2.48. The molecule has 1 aromatic rings. The summed E-state index contributed by atoms with van der Waals surface area (Å²) in [5, 5.41) is 13.6. The van der Waals surface area contributed by atoms with Gasteiger partial charge in [0.1, 0.15) is 5.84 Å². The minimum absolute atomic E-state index is 0.296. The second-order valence-corrected chi connectivity index (χ2v) is 5.58. The van der Waals surface area contributed by atoms with Crippen molar-refractivity contribution in [3.8, 4) is 0 Å². The highest BCUT2D eigenvalue weighted by atomic mass is 32.1. The molecule has 0 bridgehead atoms. The van der Waals surface area contributed by atoms with Gasteiger partial charge in [-0.2, -0.15) is 0 Å². The van der Waals surface area contributed by atoms with E-state index >= 15 is 0 Å². The average Bonchev–Trinajstić information content (AvgIpc) is 2.77. The van der Waals surface area contributed by atoms with Crippen molar-refractivity contribution in [3.05, 3.63) is 22.4 Å². The maximum Gasteiger partial charge on any atom is 0.140 e. The highest BCUT2D eigenvalue weighted by molar-refractivity contribution is 7.09. The number of nitrogens with zero attached hydrogens (tertiary/aromatic N) is 2. The number of rotatable bonds is 7. The summed E-state index contributed by atoms with van der Waals surface area (Å²) < 4.78 is 0. The largest absolute Gasteiger partial charge is 0.409 e. The molecular formula is C12H21N3OS. The van der Waals surface area contributed by atoms with E-state index in [4.69, 9.17) is 10.9 Å². The van der Waals surface area contributed by atoms with Crippen LogP contribution in [0.25, 0.3) is 0 Å². The molecule has 0 saturated carbocycles. The molecule has 1 rings (SSSR count). The zero-order chi connectivity index (χ0) is 12.7. The van der Waals surface area contributed by atoms with Crippen molar-refractivity contribution in [3.63, 3.8) is 0 Å². The third kappa shape index (κ3) is 5.70. The summed E-state index contributed by atoms with van der Waals surface area (Å²) in [4.78, 5) is 3.69. The lowest BCUT2D eigenvalue weighted by Gasteiger charge is -2.23. The normalized spacial score (nSPS) is 12.6. The van der Waals surface area contributed by atoms with Gasteiger partial charge in [-0.15, -0.1) is 11.3 Å². The van der Waals surface area contributed by atoms with Gasteiger partial charge in [0.15, 0.2) is 0 Å². The lowest BCUT2D eigenvalue weighted by Crippen LogP contribution is -2.30.